The fourth-order valence-electron chi connectivity index (χ4n) is 7.87. The molecule has 0 saturated heterocycles. The van der Waals surface area contributed by atoms with E-state index in [9.17, 15) is 0 Å². The van der Waals surface area contributed by atoms with Crippen LogP contribution in [0.3, 0.4) is 0 Å². The number of fused-ring (bicyclic) bond motifs is 13. The van der Waals surface area contributed by atoms with Crippen molar-refractivity contribution >= 4 is 84.7 Å². The Labute approximate surface area is 297 Å². The SMILES string of the molecule is [2H]c1ccc(-c2nc(N3c4c(c5ccccc5c5c4oc4ccccc45)-c4c(ccc5ccccc45)P3c3ccccc3)nc3ccccc23)c([2H])c1. The summed E-state index contributed by atoms with van der Waals surface area (Å²) in [6.45, 7) is 0. The van der Waals surface area contributed by atoms with E-state index in [0.29, 0.717) is 17.2 Å². The quantitative estimate of drug-likeness (QED) is 0.175. The molecule has 11 rings (SSSR count). The molecule has 1 aliphatic rings. The minimum Gasteiger partial charge on any atom is -0.454 e. The summed E-state index contributed by atoms with van der Waals surface area (Å²) in [4.78, 5) is 10.8. The first-order chi connectivity index (χ1) is 26.1. The van der Waals surface area contributed by atoms with Crippen LogP contribution >= 0.6 is 8.07 Å². The minimum absolute atomic E-state index is 0.249. The molecule has 0 N–H and O–H groups in total. The molecule has 8 aromatic carbocycles. The van der Waals surface area contributed by atoms with E-state index >= 15 is 0 Å². The zero-order valence-electron chi connectivity index (χ0n) is 29.2. The van der Waals surface area contributed by atoms with Crippen LogP contribution in [0.25, 0.3) is 76.8 Å². The van der Waals surface area contributed by atoms with Crippen LogP contribution in [0.5, 0.6) is 0 Å². The summed E-state index contributed by atoms with van der Waals surface area (Å²) < 4.78 is 26.5. The summed E-state index contributed by atoms with van der Waals surface area (Å²) in [6, 6.07) is 54.5. The Morgan fingerprint density at radius 1 is 0.569 bits per heavy atom. The van der Waals surface area contributed by atoms with E-state index in [2.05, 4.69) is 108 Å². The molecule has 1 atom stereocenters. The molecule has 0 bridgehead atoms. The maximum atomic E-state index is 8.96. The van der Waals surface area contributed by atoms with E-state index in [4.69, 9.17) is 17.1 Å². The van der Waals surface area contributed by atoms with Gasteiger partial charge in [-0.25, -0.2) is 9.97 Å². The molecule has 0 spiro atoms. The van der Waals surface area contributed by atoms with Crippen molar-refractivity contribution in [2.45, 2.75) is 0 Å². The van der Waals surface area contributed by atoms with Gasteiger partial charge >= 0.3 is 0 Å². The van der Waals surface area contributed by atoms with Crippen molar-refractivity contribution in [1.29, 1.82) is 0 Å². The zero-order chi connectivity index (χ0) is 35.2. The summed E-state index contributed by atoms with van der Waals surface area (Å²) in [5, 5.41) is 9.95. The minimum atomic E-state index is -1.32. The number of aromatic nitrogens is 2. The molecule has 0 amide bonds. The van der Waals surface area contributed by atoms with E-state index in [1.54, 1.807) is 12.1 Å². The van der Waals surface area contributed by atoms with Gasteiger partial charge in [0.2, 0.25) is 5.95 Å². The van der Waals surface area contributed by atoms with Gasteiger partial charge in [0.1, 0.15) is 11.3 Å². The van der Waals surface area contributed by atoms with Gasteiger partial charge < -0.3 is 4.42 Å². The highest BCUT2D eigenvalue weighted by molar-refractivity contribution is 7.75. The van der Waals surface area contributed by atoms with Crippen LogP contribution in [0.1, 0.15) is 2.74 Å². The highest BCUT2D eigenvalue weighted by Crippen LogP contribution is 2.61. The first-order valence-electron chi connectivity index (χ1n) is 18.0. The van der Waals surface area contributed by atoms with Gasteiger partial charge in [-0.1, -0.05) is 158 Å². The van der Waals surface area contributed by atoms with E-state index in [0.717, 1.165) is 60.2 Å². The third-order valence-corrected chi connectivity index (χ3v) is 12.4. The van der Waals surface area contributed by atoms with Crippen LogP contribution in [-0.4, -0.2) is 9.97 Å². The Morgan fingerprint density at radius 3 is 2.16 bits per heavy atom. The fourth-order valence-corrected chi connectivity index (χ4v) is 10.4. The Morgan fingerprint density at radius 2 is 1.29 bits per heavy atom. The summed E-state index contributed by atoms with van der Waals surface area (Å²) >= 11 is 0. The van der Waals surface area contributed by atoms with Crippen molar-refractivity contribution in [3.8, 4) is 22.4 Å². The van der Waals surface area contributed by atoms with Crippen molar-refractivity contribution in [2.24, 2.45) is 0 Å². The van der Waals surface area contributed by atoms with Crippen molar-refractivity contribution in [2.75, 3.05) is 4.67 Å². The van der Waals surface area contributed by atoms with Gasteiger partial charge in [-0.15, -0.1) is 0 Å². The van der Waals surface area contributed by atoms with Gasteiger partial charge in [-0.2, -0.15) is 0 Å². The summed E-state index contributed by atoms with van der Waals surface area (Å²) in [6.07, 6.45) is 0. The molecule has 51 heavy (non-hydrogen) atoms. The second-order valence-corrected chi connectivity index (χ2v) is 14.8. The zero-order valence-corrected chi connectivity index (χ0v) is 28.1. The highest BCUT2D eigenvalue weighted by Gasteiger charge is 2.40. The lowest BCUT2D eigenvalue weighted by Gasteiger charge is -2.40. The lowest BCUT2D eigenvalue weighted by molar-refractivity contribution is 0.669. The largest absolute Gasteiger partial charge is 0.454 e. The average molecular weight is 672 g/mol. The first-order valence-corrected chi connectivity index (χ1v) is 18.3. The van der Waals surface area contributed by atoms with Gasteiger partial charge in [-0.3, -0.25) is 4.67 Å². The molecule has 4 nitrogen and oxygen atoms in total. The number of para-hydroxylation sites is 2. The Hall–Kier alpha value is -6.35. The Balaban J connectivity index is 1.36. The molecule has 5 heteroatoms. The van der Waals surface area contributed by atoms with Crippen molar-refractivity contribution in [3.05, 3.63) is 170 Å². The molecule has 1 aliphatic heterocycles. The van der Waals surface area contributed by atoms with Gasteiger partial charge in [0.15, 0.2) is 5.58 Å². The lowest BCUT2D eigenvalue weighted by atomic mass is 9.90. The van der Waals surface area contributed by atoms with Crippen LogP contribution in [0.2, 0.25) is 0 Å². The van der Waals surface area contributed by atoms with E-state index in [1.165, 1.54) is 21.6 Å². The maximum absolute atomic E-state index is 8.96. The van der Waals surface area contributed by atoms with Crippen LogP contribution < -0.4 is 15.3 Å². The number of furan rings is 1. The first kappa shape index (κ1) is 26.5. The Bertz CT molecular complexity index is 3130. The number of rotatable bonds is 3. The smallest absolute Gasteiger partial charge is 0.235 e. The topological polar surface area (TPSA) is 42.2 Å². The molecular weight excluding hydrogens is 642 g/mol. The standard InChI is InChI=1S/C46H28N3OP/c1-3-16-30(17-4-1)43-35-23-11-13-25-37(35)47-46(48-43)49-44-42(34-22-10-9-21-33(34)40-36-24-12-14-26-38(36)50-45(40)44)41-32-20-8-7-15-29(32)27-28-39(41)51(49)31-18-5-2-6-19-31/h1-28H/i1D,16D. The second-order valence-electron chi connectivity index (χ2n) is 12.8. The number of hydrogen-bond acceptors (Lipinski definition) is 4. The number of hydrogen-bond donors (Lipinski definition) is 0. The highest BCUT2D eigenvalue weighted by atomic mass is 31.1. The van der Waals surface area contributed by atoms with Gasteiger partial charge in [-0.05, 0) is 33.7 Å². The number of nitrogens with zero attached hydrogens (tertiary/aromatic N) is 3. The lowest BCUT2D eigenvalue weighted by Crippen LogP contribution is -2.31. The molecule has 10 aromatic rings. The molecule has 3 heterocycles. The predicted octanol–water partition coefficient (Wildman–Crippen LogP) is 11.7. The fraction of sp³-hybridized carbons (Fsp3) is 0. The molecule has 0 fully saturated rings. The second kappa shape index (κ2) is 11.1. The van der Waals surface area contributed by atoms with Crippen molar-refractivity contribution < 1.29 is 7.16 Å². The molecule has 0 saturated carbocycles. The molecule has 238 valence electrons. The predicted molar refractivity (Wildman–Crippen MR) is 214 cm³/mol. The van der Waals surface area contributed by atoms with Crippen LogP contribution in [0.15, 0.2) is 174 Å². The summed E-state index contributed by atoms with van der Waals surface area (Å²) in [7, 11) is -1.32. The molecule has 0 radical (unpaired) electrons. The Kier molecular flexibility index (Phi) is 5.76. The van der Waals surface area contributed by atoms with Crippen LogP contribution in [0, 0.1) is 0 Å². The van der Waals surface area contributed by atoms with E-state index < -0.39 is 8.07 Å². The number of anilines is 2. The van der Waals surface area contributed by atoms with Gasteiger partial charge in [0.05, 0.1) is 22.0 Å². The third-order valence-electron chi connectivity index (χ3n) is 10.0. The monoisotopic (exact) mass is 671 g/mol. The number of benzene rings is 8. The van der Waals surface area contributed by atoms with Crippen LogP contribution in [0.4, 0.5) is 11.6 Å². The normalized spacial score (nSPS) is 14.6. The average Bonchev–Trinajstić information content (AvgIpc) is 3.60. The molecular formula is C46H28N3OP. The maximum Gasteiger partial charge on any atom is 0.235 e. The molecule has 0 aliphatic carbocycles. The van der Waals surface area contributed by atoms with Crippen molar-refractivity contribution in [3.63, 3.8) is 0 Å². The third kappa shape index (κ3) is 4.18. The van der Waals surface area contributed by atoms with E-state index in [1.807, 2.05) is 42.5 Å². The van der Waals surface area contributed by atoms with Crippen molar-refractivity contribution in [1.82, 2.24) is 9.97 Å². The molecule has 2 aromatic heterocycles. The summed E-state index contributed by atoms with van der Waals surface area (Å²) in [5.41, 5.74) is 6.92. The van der Waals surface area contributed by atoms with E-state index in [-0.39, 0.29) is 12.1 Å². The summed E-state index contributed by atoms with van der Waals surface area (Å²) in [5.74, 6) is 0.528. The molecule has 1 unspecified atom stereocenters. The van der Waals surface area contributed by atoms with Crippen LogP contribution in [-0.2, 0) is 0 Å². The van der Waals surface area contributed by atoms with Gasteiger partial charge in [0, 0.05) is 43.5 Å². The van der Waals surface area contributed by atoms with Gasteiger partial charge in [0.25, 0.3) is 0 Å².